The van der Waals surface area contributed by atoms with E-state index in [1.54, 1.807) is 0 Å². The molecule has 0 aromatic carbocycles. The van der Waals surface area contributed by atoms with Crippen molar-refractivity contribution in [1.29, 1.82) is 0 Å². The summed E-state index contributed by atoms with van der Waals surface area (Å²) in [6.07, 6.45) is 3.91. The molecule has 0 amide bonds. The molecule has 1 saturated heterocycles. The van der Waals surface area contributed by atoms with Crippen LogP contribution >= 0.6 is 0 Å². The Morgan fingerprint density at radius 2 is 1.82 bits per heavy atom. The van der Waals surface area contributed by atoms with E-state index in [1.807, 2.05) is 0 Å². The first-order chi connectivity index (χ1) is 7.95. The summed E-state index contributed by atoms with van der Waals surface area (Å²) < 4.78 is 0. The van der Waals surface area contributed by atoms with Crippen LogP contribution < -0.4 is 5.32 Å². The lowest BCUT2D eigenvalue weighted by atomic mass is 9.80. The highest BCUT2D eigenvalue weighted by Crippen LogP contribution is 2.28. The van der Waals surface area contributed by atoms with Crippen molar-refractivity contribution >= 4 is 0 Å². The van der Waals surface area contributed by atoms with Crippen LogP contribution in [-0.2, 0) is 0 Å². The first-order valence-electron chi connectivity index (χ1n) is 7.41. The minimum Gasteiger partial charge on any atom is -0.314 e. The Balaban J connectivity index is 2.27. The van der Waals surface area contributed by atoms with E-state index in [-0.39, 0.29) is 0 Å². The van der Waals surface area contributed by atoms with Gasteiger partial charge >= 0.3 is 0 Å². The fourth-order valence-electron chi connectivity index (χ4n) is 2.40. The molecule has 102 valence electrons. The molecule has 1 fully saturated rings. The standard InChI is InChI=1S/C15H32N2/c1-6-9-16-14-7-10-17(11-8-14)12-15(4,5)13(2)3/h13-14,16H,6-12H2,1-5H3. The largest absolute Gasteiger partial charge is 0.314 e. The minimum absolute atomic E-state index is 0.448. The number of likely N-dealkylation sites (tertiary alicyclic amines) is 1. The predicted molar refractivity (Wildman–Crippen MR) is 76.4 cm³/mol. The summed E-state index contributed by atoms with van der Waals surface area (Å²) in [6, 6.07) is 0.772. The number of hydrogen-bond donors (Lipinski definition) is 1. The van der Waals surface area contributed by atoms with Crippen molar-refractivity contribution in [2.75, 3.05) is 26.2 Å². The van der Waals surface area contributed by atoms with Gasteiger partial charge in [-0.05, 0) is 50.2 Å². The highest BCUT2D eigenvalue weighted by molar-refractivity contribution is 4.82. The molecule has 0 radical (unpaired) electrons. The van der Waals surface area contributed by atoms with E-state index in [1.165, 1.54) is 45.4 Å². The Labute approximate surface area is 108 Å². The zero-order chi connectivity index (χ0) is 12.9. The third kappa shape index (κ3) is 4.97. The third-order valence-corrected chi connectivity index (χ3v) is 4.46. The zero-order valence-electron chi connectivity index (χ0n) is 12.6. The maximum absolute atomic E-state index is 3.65. The fraction of sp³-hybridized carbons (Fsp3) is 1.00. The summed E-state index contributed by atoms with van der Waals surface area (Å²) >= 11 is 0. The molecule has 2 nitrogen and oxygen atoms in total. The van der Waals surface area contributed by atoms with E-state index < -0.39 is 0 Å². The zero-order valence-corrected chi connectivity index (χ0v) is 12.6. The molecule has 17 heavy (non-hydrogen) atoms. The number of nitrogens with zero attached hydrogens (tertiary/aromatic N) is 1. The molecule has 0 bridgehead atoms. The van der Waals surface area contributed by atoms with Gasteiger partial charge < -0.3 is 10.2 Å². The van der Waals surface area contributed by atoms with Crippen molar-refractivity contribution in [3.63, 3.8) is 0 Å². The average Bonchev–Trinajstić information content (AvgIpc) is 2.27. The van der Waals surface area contributed by atoms with Crippen molar-refractivity contribution in [1.82, 2.24) is 10.2 Å². The van der Waals surface area contributed by atoms with Crippen LogP contribution in [0.2, 0.25) is 0 Å². The van der Waals surface area contributed by atoms with Crippen LogP contribution in [0.15, 0.2) is 0 Å². The van der Waals surface area contributed by atoms with Crippen molar-refractivity contribution in [2.24, 2.45) is 11.3 Å². The van der Waals surface area contributed by atoms with Gasteiger partial charge in [0.05, 0.1) is 0 Å². The summed E-state index contributed by atoms with van der Waals surface area (Å²) in [5.74, 6) is 0.762. The Hall–Kier alpha value is -0.0800. The maximum atomic E-state index is 3.65. The summed E-state index contributed by atoms with van der Waals surface area (Å²) in [5, 5.41) is 3.65. The molecule has 1 heterocycles. The monoisotopic (exact) mass is 240 g/mol. The normalized spacial score (nSPS) is 20.1. The fourth-order valence-corrected chi connectivity index (χ4v) is 2.40. The minimum atomic E-state index is 0.448. The van der Waals surface area contributed by atoms with Gasteiger partial charge in [-0.15, -0.1) is 0 Å². The van der Waals surface area contributed by atoms with Gasteiger partial charge in [0.2, 0.25) is 0 Å². The van der Waals surface area contributed by atoms with E-state index in [2.05, 4.69) is 44.8 Å². The van der Waals surface area contributed by atoms with E-state index in [0.717, 1.165) is 12.0 Å². The second-order valence-corrected chi connectivity index (χ2v) is 6.65. The van der Waals surface area contributed by atoms with Gasteiger partial charge in [-0.1, -0.05) is 34.6 Å². The summed E-state index contributed by atoms with van der Waals surface area (Å²) in [5.41, 5.74) is 0.448. The molecular formula is C15H32N2. The predicted octanol–water partition coefficient (Wildman–Crippen LogP) is 3.13. The molecule has 0 saturated carbocycles. The second-order valence-electron chi connectivity index (χ2n) is 6.65. The molecular weight excluding hydrogens is 208 g/mol. The Morgan fingerprint density at radius 3 is 2.29 bits per heavy atom. The summed E-state index contributed by atoms with van der Waals surface area (Å²) in [6.45, 7) is 16.7. The highest BCUT2D eigenvalue weighted by Gasteiger charge is 2.27. The van der Waals surface area contributed by atoms with Crippen LogP contribution in [-0.4, -0.2) is 37.1 Å². The molecule has 2 heteroatoms. The molecule has 0 aromatic heterocycles. The van der Waals surface area contributed by atoms with Crippen LogP contribution in [0.25, 0.3) is 0 Å². The lowest BCUT2D eigenvalue weighted by Gasteiger charge is -2.39. The van der Waals surface area contributed by atoms with Crippen molar-refractivity contribution in [3.05, 3.63) is 0 Å². The van der Waals surface area contributed by atoms with Crippen molar-refractivity contribution in [3.8, 4) is 0 Å². The maximum Gasteiger partial charge on any atom is 0.00914 e. The lowest BCUT2D eigenvalue weighted by Crippen LogP contribution is -2.46. The molecule has 1 aliphatic heterocycles. The first kappa shape index (κ1) is 15.0. The molecule has 0 unspecified atom stereocenters. The number of hydrogen-bond acceptors (Lipinski definition) is 2. The first-order valence-corrected chi connectivity index (χ1v) is 7.41. The molecule has 0 spiro atoms. The molecule has 1 N–H and O–H groups in total. The summed E-state index contributed by atoms with van der Waals surface area (Å²) in [7, 11) is 0. The van der Waals surface area contributed by atoms with Crippen LogP contribution in [0.3, 0.4) is 0 Å². The SMILES string of the molecule is CCCNC1CCN(CC(C)(C)C(C)C)CC1. The van der Waals surface area contributed by atoms with E-state index in [4.69, 9.17) is 0 Å². The van der Waals surface area contributed by atoms with Gasteiger partial charge in [0.1, 0.15) is 0 Å². The Morgan fingerprint density at radius 1 is 1.24 bits per heavy atom. The van der Waals surface area contributed by atoms with Gasteiger partial charge in [0, 0.05) is 12.6 Å². The second kappa shape index (κ2) is 6.75. The Bertz CT molecular complexity index is 203. The van der Waals surface area contributed by atoms with Gasteiger partial charge in [0.15, 0.2) is 0 Å². The van der Waals surface area contributed by atoms with Crippen LogP contribution in [0.5, 0.6) is 0 Å². The molecule has 1 rings (SSSR count). The van der Waals surface area contributed by atoms with E-state index in [0.29, 0.717) is 5.41 Å². The molecule has 0 atom stereocenters. The van der Waals surface area contributed by atoms with Gasteiger partial charge in [-0.2, -0.15) is 0 Å². The van der Waals surface area contributed by atoms with Crippen molar-refractivity contribution in [2.45, 2.75) is 59.9 Å². The number of piperidine rings is 1. The van der Waals surface area contributed by atoms with Crippen molar-refractivity contribution < 1.29 is 0 Å². The van der Waals surface area contributed by atoms with E-state index in [9.17, 15) is 0 Å². The van der Waals surface area contributed by atoms with Gasteiger partial charge in [-0.25, -0.2) is 0 Å². The van der Waals surface area contributed by atoms with Crippen LogP contribution in [0.1, 0.15) is 53.9 Å². The van der Waals surface area contributed by atoms with E-state index >= 15 is 0 Å². The highest BCUT2D eigenvalue weighted by atomic mass is 15.1. The van der Waals surface area contributed by atoms with Crippen LogP contribution in [0, 0.1) is 11.3 Å². The average molecular weight is 240 g/mol. The Kier molecular flexibility index (Phi) is 5.94. The summed E-state index contributed by atoms with van der Waals surface area (Å²) in [4.78, 5) is 2.66. The molecule has 0 aliphatic carbocycles. The lowest BCUT2D eigenvalue weighted by molar-refractivity contribution is 0.107. The molecule has 0 aromatic rings. The smallest absolute Gasteiger partial charge is 0.00914 e. The third-order valence-electron chi connectivity index (χ3n) is 4.46. The topological polar surface area (TPSA) is 15.3 Å². The number of nitrogens with one attached hydrogen (secondary N) is 1. The van der Waals surface area contributed by atoms with Crippen LogP contribution in [0.4, 0.5) is 0 Å². The molecule has 1 aliphatic rings. The van der Waals surface area contributed by atoms with Gasteiger partial charge in [-0.3, -0.25) is 0 Å². The quantitative estimate of drug-likeness (QED) is 0.767. The van der Waals surface area contributed by atoms with Gasteiger partial charge in [0.25, 0.3) is 0 Å². The number of rotatable bonds is 6.